The number of carbonyl (C=O) groups is 2. The maximum absolute atomic E-state index is 11.8. The van der Waals surface area contributed by atoms with Crippen molar-refractivity contribution in [3.63, 3.8) is 0 Å². The number of aldehydes is 1. The molecule has 4 rings (SSSR count). The molecule has 31 heavy (non-hydrogen) atoms. The van der Waals surface area contributed by atoms with E-state index >= 15 is 0 Å². The highest BCUT2D eigenvalue weighted by Gasteiger charge is 2.17. The van der Waals surface area contributed by atoms with Gasteiger partial charge in [-0.25, -0.2) is 9.78 Å². The lowest BCUT2D eigenvalue weighted by molar-refractivity contribution is 0.0688. The molecule has 1 N–H and O–H groups in total. The largest absolute Gasteiger partial charge is 0.477 e. The number of para-hydroxylation sites is 1. The number of hydrogen-bond acceptors (Lipinski definition) is 3. The lowest BCUT2D eigenvalue weighted by atomic mass is 10.2. The molecular weight excluding hydrogens is 414 g/mol. The predicted molar refractivity (Wildman–Crippen MR) is 121 cm³/mol. The van der Waals surface area contributed by atoms with Crippen molar-refractivity contribution in [1.82, 2.24) is 14.1 Å². The second kappa shape index (κ2) is 8.78. The summed E-state index contributed by atoms with van der Waals surface area (Å²) in [5.41, 5.74) is 3.14. The van der Waals surface area contributed by atoms with Gasteiger partial charge in [0.15, 0.2) is 11.4 Å². The van der Waals surface area contributed by atoms with Crippen LogP contribution < -0.4 is 0 Å². The number of imidazole rings is 1. The highest BCUT2D eigenvalue weighted by molar-refractivity contribution is 6.31. The summed E-state index contributed by atoms with van der Waals surface area (Å²) < 4.78 is 3.59. The zero-order chi connectivity index (χ0) is 22.0. The van der Waals surface area contributed by atoms with Crippen molar-refractivity contribution in [3.05, 3.63) is 82.5 Å². The molecule has 2 heterocycles. The molecule has 0 atom stereocenters. The zero-order valence-electron chi connectivity index (χ0n) is 17.1. The van der Waals surface area contributed by atoms with Crippen LogP contribution in [-0.4, -0.2) is 31.5 Å². The Kier molecular flexibility index (Phi) is 5.91. The van der Waals surface area contributed by atoms with E-state index < -0.39 is 5.97 Å². The summed E-state index contributed by atoms with van der Waals surface area (Å²) in [6, 6.07) is 16.9. The minimum atomic E-state index is -0.982. The van der Waals surface area contributed by atoms with Crippen molar-refractivity contribution in [3.8, 4) is 5.69 Å². The number of carboxylic acid groups (broad SMARTS) is 1. The number of aromatic nitrogens is 3. The molecule has 0 saturated carbocycles. The summed E-state index contributed by atoms with van der Waals surface area (Å²) in [5.74, 6) is -0.188. The minimum absolute atomic E-state index is 0.209. The molecule has 0 fully saturated rings. The van der Waals surface area contributed by atoms with Gasteiger partial charge in [-0.2, -0.15) is 0 Å². The number of fused-ring (bicyclic) bond motifs is 1. The van der Waals surface area contributed by atoms with E-state index in [9.17, 15) is 14.7 Å². The van der Waals surface area contributed by atoms with Gasteiger partial charge in [-0.05, 0) is 36.2 Å². The first-order valence-electron chi connectivity index (χ1n) is 10.2. The standard InChI is InChI=1S/C24H22ClN3O3/c1-2-3-8-22-26-23(25)21(15-29)27(22)14-16-9-11-18(12-10-16)28-19-7-5-4-6-17(19)13-20(28)24(30)31/h4-7,9-13,15H,2-3,8,14H2,1H3,(H,30,31). The molecule has 0 amide bonds. The van der Waals surface area contributed by atoms with Crippen LogP contribution in [0.3, 0.4) is 0 Å². The summed E-state index contributed by atoms with van der Waals surface area (Å²) >= 11 is 6.17. The third-order valence-electron chi connectivity index (χ3n) is 5.37. The molecule has 2 aromatic heterocycles. The van der Waals surface area contributed by atoms with Gasteiger partial charge < -0.3 is 14.2 Å². The SMILES string of the molecule is CCCCc1nc(Cl)c(C=O)n1Cc1ccc(-n2c(C(=O)O)cc3ccccc32)cc1. The normalized spacial score (nSPS) is 11.2. The molecule has 0 unspecified atom stereocenters. The van der Waals surface area contributed by atoms with Crippen LogP contribution in [0.5, 0.6) is 0 Å². The molecule has 0 aliphatic rings. The Morgan fingerprint density at radius 2 is 1.90 bits per heavy atom. The summed E-state index contributed by atoms with van der Waals surface area (Å²) in [4.78, 5) is 27.7. The predicted octanol–water partition coefficient (Wildman–Crippen LogP) is 5.38. The van der Waals surface area contributed by atoms with Crippen molar-refractivity contribution < 1.29 is 14.7 Å². The molecule has 0 radical (unpaired) electrons. The third-order valence-corrected chi connectivity index (χ3v) is 5.65. The number of unbranched alkanes of at least 4 members (excludes halogenated alkanes) is 1. The van der Waals surface area contributed by atoms with Gasteiger partial charge in [-0.3, -0.25) is 4.79 Å². The fraction of sp³-hybridized carbons (Fsp3) is 0.208. The summed E-state index contributed by atoms with van der Waals surface area (Å²) in [5, 5.41) is 10.8. The first-order valence-corrected chi connectivity index (χ1v) is 10.5. The topological polar surface area (TPSA) is 77.1 Å². The van der Waals surface area contributed by atoms with Crippen molar-refractivity contribution in [1.29, 1.82) is 0 Å². The van der Waals surface area contributed by atoms with E-state index in [4.69, 9.17) is 11.6 Å². The van der Waals surface area contributed by atoms with Gasteiger partial charge in [-0.15, -0.1) is 0 Å². The second-order valence-corrected chi connectivity index (χ2v) is 7.77. The third kappa shape index (κ3) is 3.99. The number of aryl methyl sites for hydroxylation is 1. The Balaban J connectivity index is 1.70. The average molecular weight is 436 g/mol. The smallest absolute Gasteiger partial charge is 0.352 e. The first kappa shape index (κ1) is 20.9. The lowest BCUT2D eigenvalue weighted by Crippen LogP contribution is -2.09. The Labute approximate surface area is 184 Å². The van der Waals surface area contributed by atoms with Crippen LogP contribution in [0.4, 0.5) is 0 Å². The Morgan fingerprint density at radius 1 is 1.16 bits per heavy atom. The number of rotatable bonds is 8. The van der Waals surface area contributed by atoms with Gasteiger partial charge in [-0.1, -0.05) is 55.3 Å². The Morgan fingerprint density at radius 3 is 2.58 bits per heavy atom. The second-order valence-electron chi connectivity index (χ2n) is 7.41. The maximum atomic E-state index is 11.8. The number of aromatic carboxylic acids is 1. The minimum Gasteiger partial charge on any atom is -0.477 e. The number of carbonyl (C=O) groups excluding carboxylic acids is 1. The van der Waals surface area contributed by atoms with E-state index in [1.165, 1.54) is 0 Å². The zero-order valence-corrected chi connectivity index (χ0v) is 17.8. The molecule has 7 heteroatoms. The van der Waals surface area contributed by atoms with Crippen molar-refractivity contribution in [2.75, 3.05) is 0 Å². The Hall–Kier alpha value is -3.38. The highest BCUT2D eigenvalue weighted by Crippen LogP contribution is 2.25. The number of nitrogens with zero attached hydrogens (tertiary/aromatic N) is 3. The van der Waals surface area contributed by atoms with Crippen LogP contribution in [0.2, 0.25) is 5.15 Å². The van der Waals surface area contributed by atoms with Crippen LogP contribution >= 0.6 is 11.6 Å². The number of halogens is 1. The van der Waals surface area contributed by atoms with Crippen molar-refractivity contribution in [2.45, 2.75) is 32.7 Å². The van der Waals surface area contributed by atoms with E-state index in [1.807, 2.05) is 53.1 Å². The molecule has 2 aromatic carbocycles. The number of carboxylic acids is 1. The van der Waals surface area contributed by atoms with E-state index in [2.05, 4.69) is 11.9 Å². The summed E-state index contributed by atoms with van der Waals surface area (Å²) in [6.07, 6.45) is 3.47. The van der Waals surface area contributed by atoms with Crippen LogP contribution in [0.1, 0.15) is 52.1 Å². The Bertz CT molecular complexity index is 1260. The van der Waals surface area contributed by atoms with E-state index in [0.717, 1.165) is 53.5 Å². The van der Waals surface area contributed by atoms with E-state index in [1.54, 1.807) is 10.6 Å². The van der Waals surface area contributed by atoms with Crippen LogP contribution in [0.15, 0.2) is 54.6 Å². The van der Waals surface area contributed by atoms with Gasteiger partial charge in [0.05, 0.1) is 5.52 Å². The van der Waals surface area contributed by atoms with Crippen LogP contribution in [0.25, 0.3) is 16.6 Å². The molecule has 4 aromatic rings. The first-order chi connectivity index (χ1) is 15.0. The number of benzene rings is 2. The van der Waals surface area contributed by atoms with Crippen molar-refractivity contribution in [2.24, 2.45) is 0 Å². The summed E-state index contributed by atoms with van der Waals surface area (Å²) in [6.45, 7) is 2.57. The molecule has 0 spiro atoms. The van der Waals surface area contributed by atoms with Gasteiger partial charge in [0.25, 0.3) is 0 Å². The number of hydrogen-bond donors (Lipinski definition) is 1. The molecule has 6 nitrogen and oxygen atoms in total. The van der Waals surface area contributed by atoms with Crippen molar-refractivity contribution >= 4 is 34.8 Å². The average Bonchev–Trinajstić information content (AvgIpc) is 3.30. The van der Waals surface area contributed by atoms with E-state index in [-0.39, 0.29) is 10.8 Å². The molecular formula is C24H22ClN3O3. The fourth-order valence-electron chi connectivity index (χ4n) is 3.82. The molecule has 158 valence electrons. The van der Waals surface area contributed by atoms with E-state index in [0.29, 0.717) is 12.2 Å². The maximum Gasteiger partial charge on any atom is 0.352 e. The van der Waals surface area contributed by atoms with Gasteiger partial charge in [0.2, 0.25) is 0 Å². The summed E-state index contributed by atoms with van der Waals surface area (Å²) in [7, 11) is 0. The van der Waals surface area contributed by atoms with Gasteiger partial charge in [0.1, 0.15) is 17.2 Å². The van der Waals surface area contributed by atoms with Gasteiger partial charge >= 0.3 is 5.97 Å². The quantitative estimate of drug-likeness (QED) is 0.377. The fourth-order valence-corrected chi connectivity index (χ4v) is 4.06. The molecule has 0 aliphatic carbocycles. The highest BCUT2D eigenvalue weighted by atomic mass is 35.5. The van der Waals surface area contributed by atoms with Gasteiger partial charge in [0, 0.05) is 24.0 Å². The molecule has 0 saturated heterocycles. The van der Waals surface area contributed by atoms with Crippen LogP contribution in [-0.2, 0) is 13.0 Å². The van der Waals surface area contributed by atoms with Crippen LogP contribution in [0, 0.1) is 0 Å². The lowest BCUT2D eigenvalue weighted by Gasteiger charge is -2.12. The molecule has 0 bridgehead atoms. The monoisotopic (exact) mass is 435 g/mol. The molecule has 0 aliphatic heterocycles.